The molecule has 3 heterocycles. The molecule has 1 spiro atoms. The summed E-state index contributed by atoms with van der Waals surface area (Å²) in [4.78, 5) is 75.1. The smallest absolute Gasteiger partial charge is 0.328 e. The molecule has 13 nitrogen and oxygen atoms in total. The van der Waals surface area contributed by atoms with E-state index in [4.69, 9.17) is 4.74 Å². The molecule has 142 valence electrons. The Kier molecular flexibility index (Phi) is 3.43. The highest BCUT2D eigenvalue weighted by Crippen LogP contribution is 2.46. The lowest BCUT2D eigenvalue weighted by molar-refractivity contribution is -0.384. The van der Waals surface area contributed by atoms with Crippen molar-refractivity contribution in [2.24, 2.45) is 0 Å². The first kappa shape index (κ1) is 17.1. The second-order valence-corrected chi connectivity index (χ2v) is 6.01. The highest BCUT2D eigenvalue weighted by atomic mass is 16.6. The van der Waals surface area contributed by atoms with Crippen LogP contribution < -0.4 is 26.6 Å². The average Bonchev–Trinajstić information content (AvgIpc) is 2.96. The number of nitrogens with zero attached hydrogens (tertiary/aromatic N) is 1. The molecule has 13 heteroatoms. The zero-order valence-electron chi connectivity index (χ0n) is 13.6. The third-order valence-corrected chi connectivity index (χ3v) is 4.47. The molecule has 0 radical (unpaired) electrons. The molecule has 4 amide bonds. The maximum absolute atomic E-state index is 12.6. The molecular weight excluding hydrogens is 378 g/mol. The normalized spacial score (nSPS) is 19.6. The van der Waals surface area contributed by atoms with Gasteiger partial charge in [0.1, 0.15) is 0 Å². The highest BCUT2D eigenvalue weighted by Gasteiger charge is 2.64. The van der Waals surface area contributed by atoms with Gasteiger partial charge in [-0.1, -0.05) is 12.1 Å². The summed E-state index contributed by atoms with van der Waals surface area (Å²) in [7, 11) is 0. The van der Waals surface area contributed by atoms with Crippen molar-refractivity contribution in [1.29, 1.82) is 0 Å². The van der Waals surface area contributed by atoms with Crippen LogP contribution in [0.2, 0.25) is 0 Å². The number of urea groups is 1. The van der Waals surface area contributed by atoms with E-state index in [1.165, 1.54) is 12.1 Å². The number of amides is 4. The molecule has 4 rings (SSSR count). The largest absolute Gasteiger partial charge is 0.451 e. The Bertz CT molecular complexity index is 1160. The van der Waals surface area contributed by atoms with E-state index in [-0.39, 0.29) is 16.8 Å². The predicted octanol–water partition coefficient (Wildman–Crippen LogP) is -1.40. The first-order valence-electron chi connectivity index (χ1n) is 7.71. The van der Waals surface area contributed by atoms with E-state index in [0.717, 1.165) is 12.1 Å². The Morgan fingerprint density at radius 2 is 1.57 bits per heavy atom. The van der Waals surface area contributed by atoms with E-state index in [9.17, 15) is 34.1 Å². The van der Waals surface area contributed by atoms with Crippen molar-refractivity contribution in [3.05, 3.63) is 66.3 Å². The lowest BCUT2D eigenvalue weighted by Crippen LogP contribution is -2.70. The van der Waals surface area contributed by atoms with Crippen molar-refractivity contribution in [1.82, 2.24) is 20.6 Å². The molecular formula is C15H9N5O8. The van der Waals surface area contributed by atoms with Crippen LogP contribution in [0.15, 0.2) is 33.9 Å². The maximum atomic E-state index is 12.6. The van der Waals surface area contributed by atoms with E-state index < -0.39 is 51.4 Å². The summed E-state index contributed by atoms with van der Waals surface area (Å²) >= 11 is 0. The molecule has 0 aliphatic carbocycles. The van der Waals surface area contributed by atoms with Gasteiger partial charge in [0.15, 0.2) is 0 Å². The number of fused-ring (bicyclic) bond motifs is 1. The topological polar surface area (TPSA) is 193 Å². The summed E-state index contributed by atoms with van der Waals surface area (Å²) in [5.74, 6) is -4.11. The fourth-order valence-electron chi connectivity index (χ4n) is 3.31. The standard InChI is InChI=1S/C15H9N5O8/c21-9-7-8(5-1-3-6(4-2-5)20(26)27)15(28-10(7)17-13(24)16-9)11(22)18-14(25)19-12(15)23/h1-4,8H,(H2,16,17,21,24)(H2,18,19,22,23,25)/t8-/m1/s1. The monoisotopic (exact) mass is 387 g/mol. The zero-order chi connectivity index (χ0) is 20.2. The molecule has 2 aliphatic heterocycles. The van der Waals surface area contributed by atoms with Gasteiger partial charge in [0.05, 0.1) is 16.4 Å². The number of nitro groups is 1. The summed E-state index contributed by atoms with van der Waals surface area (Å²) in [6.07, 6.45) is 0. The summed E-state index contributed by atoms with van der Waals surface area (Å²) in [5, 5.41) is 14.7. The quantitative estimate of drug-likeness (QED) is 0.274. The molecule has 1 aromatic heterocycles. The third kappa shape index (κ3) is 2.22. The molecule has 2 aromatic rings. The van der Waals surface area contributed by atoms with Crippen LogP contribution in [0.4, 0.5) is 10.5 Å². The Balaban J connectivity index is 1.98. The number of carbonyl (C=O) groups is 3. The van der Waals surface area contributed by atoms with E-state index >= 15 is 0 Å². The van der Waals surface area contributed by atoms with E-state index in [0.29, 0.717) is 0 Å². The molecule has 1 aromatic carbocycles. The van der Waals surface area contributed by atoms with Gasteiger partial charge in [-0.3, -0.25) is 45.1 Å². The van der Waals surface area contributed by atoms with Crippen LogP contribution >= 0.6 is 0 Å². The number of aromatic nitrogens is 2. The van der Waals surface area contributed by atoms with Crippen LogP contribution in [0.25, 0.3) is 0 Å². The summed E-state index contributed by atoms with van der Waals surface area (Å²) in [5.41, 5.74) is -4.63. The predicted molar refractivity (Wildman–Crippen MR) is 87.7 cm³/mol. The molecule has 28 heavy (non-hydrogen) atoms. The Morgan fingerprint density at radius 3 is 2.14 bits per heavy atom. The van der Waals surface area contributed by atoms with Crippen molar-refractivity contribution in [3.8, 4) is 5.88 Å². The van der Waals surface area contributed by atoms with Crippen molar-refractivity contribution in [3.63, 3.8) is 0 Å². The number of imide groups is 2. The van der Waals surface area contributed by atoms with Crippen LogP contribution in [0.5, 0.6) is 5.88 Å². The number of aromatic amines is 2. The van der Waals surface area contributed by atoms with Gasteiger partial charge < -0.3 is 4.74 Å². The Labute approximate surface area is 152 Å². The number of non-ortho nitro benzene ring substituents is 1. The highest BCUT2D eigenvalue weighted by molar-refractivity contribution is 6.23. The lowest BCUT2D eigenvalue weighted by Gasteiger charge is -2.33. The van der Waals surface area contributed by atoms with Crippen LogP contribution in [0.1, 0.15) is 17.0 Å². The number of nitrogens with one attached hydrogen (secondary N) is 4. The molecule has 1 fully saturated rings. The van der Waals surface area contributed by atoms with E-state index in [2.05, 4.69) is 4.98 Å². The van der Waals surface area contributed by atoms with Crippen molar-refractivity contribution in [2.45, 2.75) is 11.5 Å². The fraction of sp³-hybridized carbons (Fsp3) is 0.133. The van der Waals surface area contributed by atoms with Crippen molar-refractivity contribution in [2.75, 3.05) is 0 Å². The molecule has 1 atom stereocenters. The van der Waals surface area contributed by atoms with Gasteiger partial charge in [-0.05, 0) is 5.56 Å². The maximum Gasteiger partial charge on any atom is 0.328 e. The van der Waals surface area contributed by atoms with Crippen LogP contribution in [-0.4, -0.2) is 38.3 Å². The molecule has 1 saturated heterocycles. The van der Waals surface area contributed by atoms with Crippen molar-refractivity contribution < 1.29 is 24.0 Å². The van der Waals surface area contributed by atoms with Gasteiger partial charge in [0.2, 0.25) is 5.88 Å². The molecule has 4 N–H and O–H groups in total. The molecule has 0 bridgehead atoms. The number of benzene rings is 1. The Hall–Kier alpha value is -4.29. The van der Waals surface area contributed by atoms with Gasteiger partial charge in [-0.25, -0.2) is 9.59 Å². The van der Waals surface area contributed by atoms with Crippen LogP contribution in [-0.2, 0) is 9.59 Å². The summed E-state index contributed by atoms with van der Waals surface area (Å²) in [6.45, 7) is 0. The van der Waals surface area contributed by atoms with Crippen LogP contribution in [0.3, 0.4) is 0 Å². The minimum absolute atomic E-state index is 0.140. The van der Waals surface area contributed by atoms with Gasteiger partial charge in [-0.2, -0.15) is 0 Å². The third-order valence-electron chi connectivity index (χ3n) is 4.47. The van der Waals surface area contributed by atoms with E-state index in [1.807, 2.05) is 15.6 Å². The van der Waals surface area contributed by atoms with Gasteiger partial charge in [0.25, 0.3) is 28.7 Å². The summed E-state index contributed by atoms with van der Waals surface area (Å²) < 4.78 is 5.43. The van der Waals surface area contributed by atoms with Gasteiger partial charge >= 0.3 is 11.7 Å². The molecule has 0 saturated carbocycles. The lowest BCUT2D eigenvalue weighted by atomic mass is 9.77. The Morgan fingerprint density at radius 1 is 0.964 bits per heavy atom. The number of nitro benzene ring substituents is 1. The van der Waals surface area contributed by atoms with Crippen molar-refractivity contribution >= 4 is 23.5 Å². The average molecular weight is 387 g/mol. The first-order valence-corrected chi connectivity index (χ1v) is 7.71. The number of H-pyrrole nitrogens is 2. The molecule has 2 aliphatic rings. The molecule has 0 unspecified atom stereocenters. The summed E-state index contributed by atoms with van der Waals surface area (Å²) in [6, 6.07) is 3.63. The van der Waals surface area contributed by atoms with E-state index in [1.54, 1.807) is 0 Å². The number of barbiturate groups is 1. The minimum atomic E-state index is -2.41. The van der Waals surface area contributed by atoms with Crippen LogP contribution in [0, 0.1) is 10.1 Å². The van der Waals surface area contributed by atoms with Gasteiger partial charge in [0, 0.05) is 12.1 Å². The SMILES string of the molecule is O=C1NC(=O)C2(Oc3[nH]c(=O)[nH]c(=O)c3[C@H]2c2ccc([N+](=O)[O-])cc2)C(=O)N1. The zero-order valence-corrected chi connectivity index (χ0v) is 13.6. The minimum Gasteiger partial charge on any atom is -0.451 e. The second-order valence-electron chi connectivity index (χ2n) is 6.01. The number of rotatable bonds is 2. The van der Waals surface area contributed by atoms with Gasteiger partial charge in [-0.15, -0.1) is 0 Å². The second kappa shape index (κ2) is 5.60. The number of carbonyl (C=O) groups excluding carboxylic acids is 3. The number of hydrogen-bond acceptors (Lipinski definition) is 8. The number of hydrogen-bond donors (Lipinski definition) is 4. The fourth-order valence-corrected chi connectivity index (χ4v) is 3.31. The first-order chi connectivity index (χ1) is 13.2. The number of ether oxygens (including phenoxy) is 1.